The molecular weight excluding hydrogens is 212 g/mol. The van der Waals surface area contributed by atoms with Gasteiger partial charge in [-0.25, -0.2) is 15.8 Å². The molecule has 15 heavy (non-hydrogen) atoms. The molecular formula is C8H12N6S. The summed E-state index contributed by atoms with van der Waals surface area (Å²) in [7, 11) is 3.80. The molecule has 2 rings (SSSR count). The lowest BCUT2D eigenvalue weighted by Crippen LogP contribution is -2.21. The van der Waals surface area contributed by atoms with Crippen molar-refractivity contribution in [2.45, 2.75) is 0 Å². The van der Waals surface area contributed by atoms with Crippen LogP contribution in [-0.4, -0.2) is 29.1 Å². The van der Waals surface area contributed by atoms with Gasteiger partial charge in [0.25, 0.3) is 0 Å². The maximum Gasteiger partial charge on any atom is 0.240 e. The van der Waals surface area contributed by atoms with Crippen LogP contribution in [0.1, 0.15) is 0 Å². The topological polar surface area (TPSA) is 79.1 Å². The molecule has 0 aliphatic heterocycles. The molecule has 0 aliphatic carbocycles. The van der Waals surface area contributed by atoms with Crippen molar-refractivity contribution in [2.24, 2.45) is 5.84 Å². The summed E-state index contributed by atoms with van der Waals surface area (Å²) in [6.07, 6.45) is 0. The van der Waals surface area contributed by atoms with Crippen molar-refractivity contribution in [3.8, 4) is 0 Å². The summed E-state index contributed by atoms with van der Waals surface area (Å²) >= 11 is 1.55. The summed E-state index contributed by atoms with van der Waals surface area (Å²) in [4.78, 5) is 9.38. The predicted molar refractivity (Wildman–Crippen MR) is 62.5 cm³/mol. The molecule has 6 nitrogen and oxygen atoms in total. The fourth-order valence-electron chi connectivity index (χ4n) is 1.22. The fourth-order valence-corrected chi connectivity index (χ4v) is 1.98. The highest BCUT2D eigenvalue weighted by Crippen LogP contribution is 2.26. The molecule has 7 heteroatoms. The van der Waals surface area contributed by atoms with Crippen molar-refractivity contribution in [3.63, 3.8) is 0 Å². The molecule has 2 heterocycles. The number of rotatable bonds is 3. The minimum absolute atomic E-state index is 0.411. The van der Waals surface area contributed by atoms with E-state index in [1.807, 2.05) is 30.6 Å². The number of hydrazine groups is 2. The molecule has 2 aromatic heterocycles. The summed E-state index contributed by atoms with van der Waals surface area (Å²) in [5.41, 5.74) is 5.55. The molecule has 0 spiro atoms. The second-order valence-corrected chi connectivity index (χ2v) is 4.08. The molecule has 0 saturated carbocycles. The maximum atomic E-state index is 5.30. The highest BCUT2D eigenvalue weighted by atomic mass is 32.1. The molecule has 0 aliphatic rings. The maximum absolute atomic E-state index is 5.30. The van der Waals surface area contributed by atoms with E-state index in [0.29, 0.717) is 5.95 Å². The standard InChI is InChI=1S/C8H12N6S/c1-14(2)13-6-5-3-4-15-7(5)11-8(10-6)12-9/h3-4H,9H2,1-2H3,(H2,10,11,12,13). The average molecular weight is 224 g/mol. The second kappa shape index (κ2) is 3.97. The Kier molecular flexibility index (Phi) is 2.67. The summed E-state index contributed by atoms with van der Waals surface area (Å²) in [6.45, 7) is 0. The molecule has 0 atom stereocenters. The summed E-state index contributed by atoms with van der Waals surface area (Å²) < 4.78 is 0. The summed E-state index contributed by atoms with van der Waals surface area (Å²) in [5.74, 6) is 6.46. The van der Waals surface area contributed by atoms with Gasteiger partial charge in [-0.15, -0.1) is 11.3 Å². The molecule has 2 aromatic rings. The highest BCUT2D eigenvalue weighted by Gasteiger charge is 2.08. The lowest BCUT2D eigenvalue weighted by atomic mass is 10.4. The van der Waals surface area contributed by atoms with Gasteiger partial charge in [-0.1, -0.05) is 0 Å². The van der Waals surface area contributed by atoms with Gasteiger partial charge in [0, 0.05) is 14.1 Å². The molecule has 0 aromatic carbocycles. The molecule has 80 valence electrons. The molecule has 0 amide bonds. The van der Waals surface area contributed by atoms with Crippen LogP contribution in [0.4, 0.5) is 11.8 Å². The third kappa shape index (κ3) is 1.99. The normalized spacial score (nSPS) is 10.9. The molecule has 0 fully saturated rings. The van der Waals surface area contributed by atoms with Crippen LogP contribution < -0.4 is 16.7 Å². The lowest BCUT2D eigenvalue weighted by Gasteiger charge is -2.13. The number of thiophene rings is 1. The second-order valence-electron chi connectivity index (χ2n) is 3.19. The number of nitrogens with zero attached hydrogens (tertiary/aromatic N) is 3. The smallest absolute Gasteiger partial charge is 0.240 e. The van der Waals surface area contributed by atoms with Gasteiger partial charge in [0.15, 0.2) is 5.82 Å². The van der Waals surface area contributed by atoms with Gasteiger partial charge in [-0.2, -0.15) is 4.98 Å². The zero-order chi connectivity index (χ0) is 10.8. The Morgan fingerprint density at radius 3 is 2.87 bits per heavy atom. The van der Waals surface area contributed by atoms with Gasteiger partial charge >= 0.3 is 0 Å². The minimum Gasteiger partial charge on any atom is -0.303 e. The first-order valence-electron chi connectivity index (χ1n) is 4.36. The van der Waals surface area contributed by atoms with Crippen molar-refractivity contribution in [1.82, 2.24) is 15.0 Å². The third-order valence-electron chi connectivity index (χ3n) is 1.78. The SMILES string of the molecule is CN(C)Nc1nc(NN)nc2sccc12. The number of nitrogens with one attached hydrogen (secondary N) is 2. The van der Waals surface area contributed by atoms with Gasteiger partial charge < -0.3 is 5.43 Å². The molecule has 0 saturated heterocycles. The number of nitrogen functional groups attached to an aromatic ring is 1. The Morgan fingerprint density at radius 1 is 1.40 bits per heavy atom. The number of nitrogens with two attached hydrogens (primary N) is 1. The Bertz CT molecular complexity index is 465. The van der Waals surface area contributed by atoms with Gasteiger partial charge in [-0.05, 0) is 11.4 Å². The average Bonchev–Trinajstić information content (AvgIpc) is 2.64. The molecule has 0 unspecified atom stereocenters. The number of aromatic nitrogens is 2. The highest BCUT2D eigenvalue weighted by molar-refractivity contribution is 7.16. The Balaban J connectivity index is 2.53. The number of hydrogen-bond donors (Lipinski definition) is 3. The van der Waals surface area contributed by atoms with Crippen molar-refractivity contribution in [3.05, 3.63) is 11.4 Å². The van der Waals surface area contributed by atoms with E-state index in [1.165, 1.54) is 0 Å². The summed E-state index contributed by atoms with van der Waals surface area (Å²) in [6, 6.07) is 1.98. The molecule has 0 bridgehead atoms. The number of anilines is 2. The van der Waals surface area contributed by atoms with Gasteiger partial charge in [0.05, 0.1) is 5.39 Å². The monoisotopic (exact) mass is 224 g/mol. The van der Waals surface area contributed by atoms with Gasteiger partial charge in [0.1, 0.15) is 4.83 Å². The van der Waals surface area contributed by atoms with Crippen LogP contribution in [0.25, 0.3) is 10.2 Å². The van der Waals surface area contributed by atoms with Crippen LogP contribution in [0.5, 0.6) is 0 Å². The van der Waals surface area contributed by atoms with Crippen LogP contribution in [0.3, 0.4) is 0 Å². The first-order valence-corrected chi connectivity index (χ1v) is 5.24. The van der Waals surface area contributed by atoms with Crippen LogP contribution in [0.2, 0.25) is 0 Å². The quantitative estimate of drug-likeness (QED) is 0.530. The van der Waals surface area contributed by atoms with E-state index >= 15 is 0 Å². The predicted octanol–water partition coefficient (Wildman–Crippen LogP) is 0.865. The Hall–Kier alpha value is -1.44. The van der Waals surface area contributed by atoms with Crippen molar-refractivity contribution in [1.29, 1.82) is 0 Å². The zero-order valence-corrected chi connectivity index (χ0v) is 9.30. The first-order chi connectivity index (χ1) is 7.20. The van der Waals surface area contributed by atoms with E-state index in [4.69, 9.17) is 5.84 Å². The van der Waals surface area contributed by atoms with Crippen LogP contribution >= 0.6 is 11.3 Å². The number of fused-ring (bicyclic) bond motifs is 1. The summed E-state index contributed by atoms with van der Waals surface area (Å²) in [5, 5.41) is 4.79. The van der Waals surface area contributed by atoms with E-state index in [2.05, 4.69) is 20.8 Å². The van der Waals surface area contributed by atoms with Crippen molar-refractivity contribution >= 4 is 33.3 Å². The van der Waals surface area contributed by atoms with E-state index in [-0.39, 0.29) is 0 Å². The fraction of sp³-hybridized carbons (Fsp3) is 0.250. The minimum atomic E-state index is 0.411. The van der Waals surface area contributed by atoms with E-state index in [1.54, 1.807) is 11.3 Å². The van der Waals surface area contributed by atoms with Crippen molar-refractivity contribution < 1.29 is 0 Å². The molecule has 0 radical (unpaired) electrons. The van der Waals surface area contributed by atoms with Gasteiger partial charge in [0.2, 0.25) is 5.95 Å². The van der Waals surface area contributed by atoms with E-state index in [0.717, 1.165) is 16.0 Å². The largest absolute Gasteiger partial charge is 0.303 e. The third-order valence-corrected chi connectivity index (χ3v) is 2.59. The van der Waals surface area contributed by atoms with Crippen LogP contribution in [-0.2, 0) is 0 Å². The zero-order valence-electron chi connectivity index (χ0n) is 8.48. The van der Waals surface area contributed by atoms with Crippen LogP contribution in [0, 0.1) is 0 Å². The Labute approximate surface area is 91.1 Å². The van der Waals surface area contributed by atoms with E-state index in [9.17, 15) is 0 Å². The molecule has 4 N–H and O–H groups in total. The first kappa shape index (κ1) is 10.1. The number of hydrogen-bond acceptors (Lipinski definition) is 7. The van der Waals surface area contributed by atoms with E-state index < -0.39 is 0 Å². The van der Waals surface area contributed by atoms with Crippen LogP contribution in [0.15, 0.2) is 11.4 Å². The Morgan fingerprint density at radius 2 is 2.20 bits per heavy atom. The van der Waals surface area contributed by atoms with Crippen molar-refractivity contribution in [2.75, 3.05) is 24.9 Å². The lowest BCUT2D eigenvalue weighted by molar-refractivity contribution is 0.493. The van der Waals surface area contributed by atoms with Gasteiger partial charge in [-0.3, -0.25) is 5.43 Å².